The van der Waals surface area contributed by atoms with Gasteiger partial charge in [-0.2, -0.15) is 0 Å². The number of benzene rings is 2. The van der Waals surface area contributed by atoms with Crippen LogP contribution in [0.2, 0.25) is 0 Å². The molecule has 0 unspecified atom stereocenters. The van der Waals surface area contributed by atoms with E-state index >= 15 is 0 Å². The van der Waals surface area contributed by atoms with Crippen molar-refractivity contribution < 1.29 is 9.47 Å². The molecule has 2 aromatic carbocycles. The normalized spacial score (nSPS) is 11.3. The molecule has 0 spiro atoms. The molecule has 0 aliphatic heterocycles. The van der Waals surface area contributed by atoms with E-state index in [0.717, 1.165) is 36.8 Å². The van der Waals surface area contributed by atoms with Gasteiger partial charge in [-0.15, -0.1) is 0 Å². The maximum Gasteiger partial charge on any atom is 0.191 e. The van der Waals surface area contributed by atoms with Crippen LogP contribution in [0.1, 0.15) is 29.2 Å². The predicted octanol–water partition coefficient (Wildman–Crippen LogP) is 3.45. The zero-order valence-electron chi connectivity index (χ0n) is 16.8. The summed E-state index contributed by atoms with van der Waals surface area (Å²) < 4.78 is 10.5. The van der Waals surface area contributed by atoms with Gasteiger partial charge in [-0.3, -0.25) is 0 Å². The largest absolute Gasteiger partial charge is 0.496 e. The maximum atomic E-state index is 5.40. The van der Waals surface area contributed by atoms with Crippen LogP contribution in [-0.4, -0.2) is 33.3 Å². The summed E-state index contributed by atoms with van der Waals surface area (Å²) >= 11 is 0. The molecule has 0 fully saturated rings. The number of rotatable bonds is 9. The van der Waals surface area contributed by atoms with Crippen LogP contribution < -0.4 is 15.4 Å². The van der Waals surface area contributed by atoms with Gasteiger partial charge in [0.25, 0.3) is 0 Å². The van der Waals surface area contributed by atoms with Gasteiger partial charge >= 0.3 is 0 Å². The van der Waals surface area contributed by atoms with Crippen molar-refractivity contribution in [3.63, 3.8) is 0 Å². The zero-order chi connectivity index (χ0) is 19.5. The molecule has 0 bridgehead atoms. The molecule has 0 saturated carbocycles. The summed E-state index contributed by atoms with van der Waals surface area (Å²) in [6.45, 7) is 7.04. The van der Waals surface area contributed by atoms with Crippen molar-refractivity contribution in [3.8, 4) is 5.75 Å². The van der Waals surface area contributed by atoms with Crippen molar-refractivity contribution >= 4 is 5.96 Å². The Morgan fingerprint density at radius 3 is 2.33 bits per heavy atom. The molecule has 146 valence electrons. The molecule has 5 heteroatoms. The van der Waals surface area contributed by atoms with E-state index < -0.39 is 0 Å². The molecule has 0 saturated heterocycles. The van der Waals surface area contributed by atoms with Crippen molar-refractivity contribution in [2.75, 3.05) is 27.3 Å². The first-order valence-corrected chi connectivity index (χ1v) is 9.38. The highest BCUT2D eigenvalue weighted by Gasteiger charge is 2.02. The lowest BCUT2D eigenvalue weighted by atomic mass is 10.1. The average molecular weight is 370 g/mol. The molecule has 5 nitrogen and oxygen atoms in total. The van der Waals surface area contributed by atoms with Gasteiger partial charge < -0.3 is 20.1 Å². The highest BCUT2D eigenvalue weighted by atomic mass is 16.5. The van der Waals surface area contributed by atoms with Crippen molar-refractivity contribution in [2.45, 2.75) is 33.4 Å². The number of hydrogen-bond donors (Lipinski definition) is 2. The summed E-state index contributed by atoms with van der Waals surface area (Å²) in [6, 6.07) is 14.7. The number of aryl methyl sites for hydroxylation is 1. The van der Waals surface area contributed by atoms with Gasteiger partial charge in [0.05, 0.1) is 20.3 Å². The van der Waals surface area contributed by atoms with E-state index in [1.165, 1.54) is 16.7 Å². The Labute approximate surface area is 162 Å². The standard InChI is InChI=1S/C22H31N3O2/c1-5-23-22(25-15-19-8-10-20(11-9-19)16-26-3)24-13-12-18-7-6-17(2)21(14-18)27-4/h6-11,14H,5,12-13,15-16H2,1-4H3,(H2,23,24,25). The topological polar surface area (TPSA) is 54.9 Å². The zero-order valence-corrected chi connectivity index (χ0v) is 16.8. The van der Waals surface area contributed by atoms with Gasteiger partial charge in [-0.1, -0.05) is 36.4 Å². The smallest absolute Gasteiger partial charge is 0.191 e. The second-order valence-electron chi connectivity index (χ2n) is 6.43. The van der Waals surface area contributed by atoms with Gasteiger partial charge in [0.2, 0.25) is 0 Å². The second kappa shape index (κ2) is 11.2. The Balaban J connectivity index is 1.89. The van der Waals surface area contributed by atoms with Crippen LogP contribution in [0.25, 0.3) is 0 Å². The quantitative estimate of drug-likeness (QED) is 0.525. The van der Waals surface area contributed by atoms with E-state index in [4.69, 9.17) is 9.47 Å². The first kappa shape index (κ1) is 20.8. The van der Waals surface area contributed by atoms with Crippen LogP contribution in [-0.2, 0) is 24.3 Å². The molecule has 0 heterocycles. The van der Waals surface area contributed by atoms with Gasteiger partial charge in [0.15, 0.2) is 5.96 Å². The van der Waals surface area contributed by atoms with E-state index in [9.17, 15) is 0 Å². The third kappa shape index (κ3) is 6.94. The Hall–Kier alpha value is -2.53. The van der Waals surface area contributed by atoms with Crippen LogP contribution in [0, 0.1) is 6.92 Å². The van der Waals surface area contributed by atoms with Gasteiger partial charge in [0, 0.05) is 20.2 Å². The van der Waals surface area contributed by atoms with Crippen LogP contribution in [0.5, 0.6) is 5.75 Å². The lowest BCUT2D eigenvalue weighted by Crippen LogP contribution is -2.38. The predicted molar refractivity (Wildman–Crippen MR) is 111 cm³/mol. The minimum Gasteiger partial charge on any atom is -0.496 e. The van der Waals surface area contributed by atoms with E-state index in [-0.39, 0.29) is 0 Å². The molecule has 2 rings (SSSR count). The summed E-state index contributed by atoms with van der Waals surface area (Å²) in [5.41, 5.74) is 4.74. The maximum absolute atomic E-state index is 5.40. The van der Waals surface area contributed by atoms with E-state index in [0.29, 0.717) is 13.2 Å². The molecule has 0 amide bonds. The fourth-order valence-corrected chi connectivity index (χ4v) is 2.76. The fraction of sp³-hybridized carbons (Fsp3) is 0.409. The molecule has 27 heavy (non-hydrogen) atoms. The number of hydrogen-bond acceptors (Lipinski definition) is 3. The molecule has 2 N–H and O–H groups in total. The lowest BCUT2D eigenvalue weighted by molar-refractivity contribution is 0.185. The Kier molecular flexibility index (Phi) is 8.65. The molecular weight excluding hydrogens is 338 g/mol. The van der Waals surface area contributed by atoms with Crippen LogP contribution >= 0.6 is 0 Å². The van der Waals surface area contributed by atoms with E-state index in [1.54, 1.807) is 14.2 Å². The number of aliphatic imine (C=N–C) groups is 1. The number of guanidine groups is 1. The second-order valence-corrected chi connectivity index (χ2v) is 6.43. The average Bonchev–Trinajstić information content (AvgIpc) is 2.68. The summed E-state index contributed by atoms with van der Waals surface area (Å²) in [5, 5.41) is 6.70. The molecule has 0 aliphatic rings. The highest BCUT2D eigenvalue weighted by molar-refractivity contribution is 5.79. The minimum absolute atomic E-state index is 0.636. The molecule has 0 aliphatic carbocycles. The summed E-state index contributed by atoms with van der Waals surface area (Å²) in [4.78, 5) is 4.68. The molecular formula is C22H31N3O2. The third-order valence-electron chi connectivity index (χ3n) is 4.28. The Morgan fingerprint density at radius 1 is 0.963 bits per heavy atom. The fourth-order valence-electron chi connectivity index (χ4n) is 2.76. The molecule has 0 radical (unpaired) electrons. The highest BCUT2D eigenvalue weighted by Crippen LogP contribution is 2.19. The lowest BCUT2D eigenvalue weighted by Gasteiger charge is -2.12. The van der Waals surface area contributed by atoms with Gasteiger partial charge in [0.1, 0.15) is 5.75 Å². The number of ether oxygens (including phenoxy) is 2. The first-order valence-electron chi connectivity index (χ1n) is 9.38. The van der Waals surface area contributed by atoms with Crippen LogP contribution in [0.15, 0.2) is 47.5 Å². The summed E-state index contributed by atoms with van der Waals surface area (Å²) in [7, 11) is 3.42. The SMILES string of the molecule is CCNC(=NCc1ccc(COC)cc1)NCCc1ccc(C)c(OC)c1. The number of nitrogens with one attached hydrogen (secondary N) is 2. The number of methoxy groups -OCH3 is 2. The van der Waals surface area contributed by atoms with Crippen molar-refractivity contribution in [3.05, 3.63) is 64.7 Å². The third-order valence-corrected chi connectivity index (χ3v) is 4.28. The molecule has 0 atom stereocenters. The van der Waals surface area contributed by atoms with Crippen molar-refractivity contribution in [1.29, 1.82) is 0 Å². The minimum atomic E-state index is 0.636. The van der Waals surface area contributed by atoms with Gasteiger partial charge in [-0.05, 0) is 48.6 Å². The summed E-state index contributed by atoms with van der Waals surface area (Å²) in [6.07, 6.45) is 0.909. The van der Waals surface area contributed by atoms with Crippen molar-refractivity contribution in [2.24, 2.45) is 4.99 Å². The molecule has 2 aromatic rings. The van der Waals surface area contributed by atoms with Crippen molar-refractivity contribution in [1.82, 2.24) is 10.6 Å². The number of nitrogens with zero attached hydrogens (tertiary/aromatic N) is 1. The van der Waals surface area contributed by atoms with Gasteiger partial charge in [-0.25, -0.2) is 4.99 Å². The van der Waals surface area contributed by atoms with Crippen LogP contribution in [0.3, 0.4) is 0 Å². The first-order chi connectivity index (χ1) is 13.2. The monoisotopic (exact) mass is 369 g/mol. The Morgan fingerprint density at radius 2 is 1.67 bits per heavy atom. The van der Waals surface area contributed by atoms with E-state index in [2.05, 4.69) is 71.9 Å². The summed E-state index contributed by atoms with van der Waals surface area (Å²) in [5.74, 6) is 1.77. The Bertz CT molecular complexity index is 727. The van der Waals surface area contributed by atoms with E-state index in [1.807, 2.05) is 0 Å². The molecule has 0 aromatic heterocycles. The van der Waals surface area contributed by atoms with Crippen LogP contribution in [0.4, 0.5) is 0 Å².